The second-order valence-corrected chi connectivity index (χ2v) is 6.94. The summed E-state index contributed by atoms with van der Waals surface area (Å²) in [6, 6.07) is 0. The van der Waals surface area contributed by atoms with E-state index in [9.17, 15) is 0 Å². The van der Waals surface area contributed by atoms with Crippen molar-refractivity contribution in [3.05, 3.63) is 22.1 Å². The zero-order valence-corrected chi connectivity index (χ0v) is 12.9. The zero-order valence-electron chi connectivity index (χ0n) is 11.2. The largest absolute Gasteiger partial charge is 0.314 e. The van der Waals surface area contributed by atoms with Crippen molar-refractivity contribution >= 4 is 22.7 Å². The standard InChI is InChI=1S/C13H18N4S2/c1-13(2,17-5-3-14-4-6-17)12-16-10(8-18-12)11-7-15-9-19-11/h7-9,14H,3-6H2,1-2H3. The highest BCUT2D eigenvalue weighted by Crippen LogP contribution is 2.34. The van der Waals surface area contributed by atoms with E-state index in [-0.39, 0.29) is 5.54 Å². The summed E-state index contributed by atoms with van der Waals surface area (Å²) in [5.41, 5.74) is 2.93. The van der Waals surface area contributed by atoms with E-state index in [1.165, 1.54) is 5.01 Å². The van der Waals surface area contributed by atoms with E-state index in [0.29, 0.717) is 0 Å². The van der Waals surface area contributed by atoms with E-state index in [0.717, 1.165) is 36.8 Å². The van der Waals surface area contributed by atoms with Crippen LogP contribution in [0, 0.1) is 0 Å². The number of rotatable bonds is 3. The van der Waals surface area contributed by atoms with Crippen molar-refractivity contribution in [1.82, 2.24) is 20.2 Å². The lowest BCUT2D eigenvalue weighted by atomic mass is 10.0. The van der Waals surface area contributed by atoms with Gasteiger partial charge in [-0.25, -0.2) is 4.98 Å². The molecule has 0 aliphatic carbocycles. The average Bonchev–Trinajstić information content (AvgIpc) is 3.10. The second kappa shape index (κ2) is 5.28. The van der Waals surface area contributed by atoms with Gasteiger partial charge in [-0.1, -0.05) is 0 Å². The molecule has 2 aromatic rings. The van der Waals surface area contributed by atoms with E-state index in [2.05, 4.69) is 34.4 Å². The predicted octanol–water partition coefficient (Wildman–Crippen LogP) is 2.41. The lowest BCUT2D eigenvalue weighted by Crippen LogP contribution is -2.51. The predicted molar refractivity (Wildman–Crippen MR) is 80.7 cm³/mol. The number of hydrogen-bond acceptors (Lipinski definition) is 6. The quantitative estimate of drug-likeness (QED) is 0.944. The molecule has 3 rings (SSSR count). The highest BCUT2D eigenvalue weighted by atomic mass is 32.1. The van der Waals surface area contributed by atoms with E-state index < -0.39 is 0 Å². The number of hydrogen-bond donors (Lipinski definition) is 1. The first kappa shape index (κ1) is 13.2. The molecule has 0 aromatic carbocycles. The first-order chi connectivity index (χ1) is 9.18. The Balaban J connectivity index is 1.84. The fraction of sp³-hybridized carbons (Fsp3) is 0.538. The SMILES string of the molecule is CC(C)(c1nc(-c2cncs2)cs1)N1CCNCC1. The Bertz CT molecular complexity index is 527. The molecule has 1 N–H and O–H groups in total. The van der Waals surface area contributed by atoms with E-state index in [1.54, 1.807) is 22.7 Å². The molecule has 1 saturated heterocycles. The normalized spacial score (nSPS) is 17.8. The minimum Gasteiger partial charge on any atom is -0.314 e. The molecule has 0 bridgehead atoms. The summed E-state index contributed by atoms with van der Waals surface area (Å²) in [4.78, 5) is 12.6. The second-order valence-electron chi connectivity index (χ2n) is 5.20. The maximum absolute atomic E-state index is 4.83. The molecule has 19 heavy (non-hydrogen) atoms. The van der Waals surface area contributed by atoms with E-state index >= 15 is 0 Å². The molecule has 0 unspecified atom stereocenters. The maximum Gasteiger partial charge on any atom is 0.113 e. The lowest BCUT2D eigenvalue weighted by molar-refractivity contribution is 0.102. The van der Waals surface area contributed by atoms with Gasteiger partial charge in [-0.15, -0.1) is 22.7 Å². The molecule has 6 heteroatoms. The molecule has 0 saturated carbocycles. The monoisotopic (exact) mass is 294 g/mol. The summed E-state index contributed by atoms with van der Waals surface area (Å²) in [7, 11) is 0. The number of thiazole rings is 2. The van der Waals surface area contributed by atoms with Crippen LogP contribution in [0.15, 0.2) is 17.1 Å². The topological polar surface area (TPSA) is 41.1 Å². The van der Waals surface area contributed by atoms with Gasteiger partial charge in [0.2, 0.25) is 0 Å². The Morgan fingerprint density at radius 1 is 1.26 bits per heavy atom. The van der Waals surface area contributed by atoms with Crippen LogP contribution in [0.4, 0.5) is 0 Å². The molecule has 1 aliphatic rings. The molecule has 0 radical (unpaired) electrons. The first-order valence-corrected chi connectivity index (χ1v) is 8.24. The van der Waals surface area contributed by atoms with Crippen LogP contribution in [0.5, 0.6) is 0 Å². The van der Waals surface area contributed by atoms with Gasteiger partial charge in [0, 0.05) is 37.8 Å². The van der Waals surface area contributed by atoms with Gasteiger partial charge in [0.25, 0.3) is 0 Å². The zero-order chi connectivity index (χ0) is 13.3. The summed E-state index contributed by atoms with van der Waals surface area (Å²) >= 11 is 3.40. The third-order valence-electron chi connectivity index (χ3n) is 3.62. The average molecular weight is 294 g/mol. The van der Waals surface area contributed by atoms with Crippen LogP contribution in [-0.4, -0.2) is 41.0 Å². The fourth-order valence-electron chi connectivity index (χ4n) is 2.37. The van der Waals surface area contributed by atoms with Crippen LogP contribution in [0.1, 0.15) is 18.9 Å². The Morgan fingerprint density at radius 2 is 2.05 bits per heavy atom. The summed E-state index contributed by atoms with van der Waals surface area (Å²) < 4.78 is 0. The number of nitrogens with zero attached hydrogens (tertiary/aromatic N) is 3. The Hall–Kier alpha value is -0.820. The molecule has 1 aliphatic heterocycles. The molecule has 0 amide bonds. The van der Waals surface area contributed by atoms with Gasteiger partial charge in [0.05, 0.1) is 21.6 Å². The molecule has 0 atom stereocenters. The molecule has 2 aromatic heterocycles. The van der Waals surface area contributed by atoms with Gasteiger partial charge < -0.3 is 5.32 Å². The van der Waals surface area contributed by atoms with E-state index in [1.807, 2.05) is 11.7 Å². The van der Waals surface area contributed by atoms with Gasteiger partial charge in [0.15, 0.2) is 0 Å². The molecule has 0 spiro atoms. The number of piperazine rings is 1. The molecule has 1 fully saturated rings. The van der Waals surface area contributed by atoms with E-state index in [4.69, 9.17) is 4.98 Å². The van der Waals surface area contributed by atoms with Crippen molar-refractivity contribution in [1.29, 1.82) is 0 Å². The number of aromatic nitrogens is 2. The van der Waals surface area contributed by atoms with Crippen molar-refractivity contribution in [2.75, 3.05) is 26.2 Å². The molecule has 4 nitrogen and oxygen atoms in total. The summed E-state index contributed by atoms with van der Waals surface area (Å²) in [5, 5.41) is 6.74. The third kappa shape index (κ3) is 2.58. The van der Waals surface area contributed by atoms with Crippen molar-refractivity contribution in [3.8, 4) is 10.6 Å². The lowest BCUT2D eigenvalue weighted by Gasteiger charge is -2.39. The molecule has 3 heterocycles. The highest BCUT2D eigenvalue weighted by molar-refractivity contribution is 7.14. The van der Waals surface area contributed by atoms with Crippen LogP contribution in [0.3, 0.4) is 0 Å². The Labute approximate surface area is 121 Å². The first-order valence-electron chi connectivity index (χ1n) is 6.48. The van der Waals surface area contributed by atoms with Crippen LogP contribution in [-0.2, 0) is 5.54 Å². The Morgan fingerprint density at radius 3 is 2.74 bits per heavy atom. The third-order valence-corrected chi connectivity index (χ3v) is 5.57. The maximum atomic E-state index is 4.83. The van der Waals surface area contributed by atoms with Gasteiger partial charge in [-0.05, 0) is 13.8 Å². The molecule has 102 valence electrons. The van der Waals surface area contributed by atoms with Crippen molar-refractivity contribution < 1.29 is 0 Å². The van der Waals surface area contributed by atoms with Gasteiger partial charge in [-0.3, -0.25) is 9.88 Å². The van der Waals surface area contributed by atoms with Gasteiger partial charge in [-0.2, -0.15) is 0 Å². The smallest absolute Gasteiger partial charge is 0.113 e. The van der Waals surface area contributed by atoms with Crippen molar-refractivity contribution in [2.24, 2.45) is 0 Å². The van der Waals surface area contributed by atoms with Crippen molar-refractivity contribution in [3.63, 3.8) is 0 Å². The van der Waals surface area contributed by atoms with Crippen LogP contribution in [0.25, 0.3) is 10.6 Å². The summed E-state index contributed by atoms with van der Waals surface area (Å²) in [6.45, 7) is 8.85. The van der Waals surface area contributed by atoms with Crippen LogP contribution < -0.4 is 5.32 Å². The summed E-state index contributed by atoms with van der Waals surface area (Å²) in [5.74, 6) is 0. The summed E-state index contributed by atoms with van der Waals surface area (Å²) in [6.07, 6.45) is 1.89. The minimum atomic E-state index is 0.00963. The van der Waals surface area contributed by atoms with Crippen LogP contribution >= 0.6 is 22.7 Å². The Kier molecular flexibility index (Phi) is 3.66. The van der Waals surface area contributed by atoms with Crippen LogP contribution in [0.2, 0.25) is 0 Å². The van der Waals surface area contributed by atoms with Gasteiger partial charge >= 0.3 is 0 Å². The van der Waals surface area contributed by atoms with Gasteiger partial charge in [0.1, 0.15) is 5.01 Å². The minimum absolute atomic E-state index is 0.00963. The number of nitrogens with one attached hydrogen (secondary N) is 1. The molecular weight excluding hydrogens is 276 g/mol. The molecular formula is C13H18N4S2. The fourth-order valence-corrected chi connectivity index (χ4v) is 4.00. The van der Waals surface area contributed by atoms with Crippen molar-refractivity contribution in [2.45, 2.75) is 19.4 Å². The highest BCUT2D eigenvalue weighted by Gasteiger charge is 2.32.